The minimum absolute atomic E-state index is 0.112. The van der Waals surface area contributed by atoms with Crippen LogP contribution < -0.4 is 4.90 Å². The number of nitrogens with zero attached hydrogens (tertiary/aromatic N) is 2. The molecule has 1 aliphatic heterocycles. The van der Waals surface area contributed by atoms with E-state index >= 15 is 0 Å². The molecule has 3 aromatic carbocycles. The minimum atomic E-state index is -2.09. The maximum atomic E-state index is 13.7. The molecule has 2 heterocycles. The molecule has 1 aliphatic rings. The molecule has 0 fully saturated rings. The minimum Gasteiger partial charge on any atom is -0.336 e. The molecule has 180 valence electrons. The van der Waals surface area contributed by atoms with Crippen molar-refractivity contribution in [3.8, 4) is 0 Å². The van der Waals surface area contributed by atoms with E-state index in [2.05, 4.69) is 0 Å². The third-order valence-electron chi connectivity index (χ3n) is 6.17. The summed E-state index contributed by atoms with van der Waals surface area (Å²) in [6.45, 7) is 0.558. The molecule has 0 saturated carbocycles. The highest BCUT2D eigenvalue weighted by molar-refractivity contribution is 6.77. The van der Waals surface area contributed by atoms with Crippen LogP contribution in [-0.2, 0) is 13.1 Å². The molecule has 0 atom stereocenters. The monoisotopic (exact) mass is 536 g/mol. The third-order valence-corrected chi connectivity index (χ3v) is 6.68. The van der Waals surface area contributed by atoms with Crippen LogP contribution in [0.2, 0.25) is 0 Å². The van der Waals surface area contributed by atoms with Crippen LogP contribution in [0.4, 0.5) is 5.69 Å². The van der Waals surface area contributed by atoms with Gasteiger partial charge in [-0.1, -0.05) is 95.5 Å². The van der Waals surface area contributed by atoms with Crippen molar-refractivity contribution in [2.24, 2.45) is 0 Å². The Kier molecular flexibility index (Phi) is 6.47. The smallest absolute Gasteiger partial charge is 0.258 e. The number of hydrogen-bond acceptors (Lipinski definition) is 3. The number of rotatable bonds is 4. The molecule has 0 N–H and O–H groups in total. The molecule has 0 saturated heterocycles. The number of fused-ring (bicyclic) bond motifs is 2. The van der Waals surface area contributed by atoms with Gasteiger partial charge in [-0.25, -0.2) is 0 Å². The number of carbonyl (C=O) groups excluding carboxylic acids is 3. The molecule has 0 spiro atoms. The van der Waals surface area contributed by atoms with Crippen LogP contribution in [0.25, 0.3) is 0 Å². The van der Waals surface area contributed by atoms with Gasteiger partial charge in [0.2, 0.25) is 5.78 Å². The molecule has 36 heavy (non-hydrogen) atoms. The Morgan fingerprint density at radius 1 is 0.667 bits per heavy atom. The molecular formula is C28H19Cl3N2O3. The van der Waals surface area contributed by atoms with Crippen LogP contribution in [0, 0.1) is 0 Å². The Morgan fingerprint density at radius 3 is 1.97 bits per heavy atom. The van der Waals surface area contributed by atoms with Gasteiger partial charge in [-0.05, 0) is 35.9 Å². The zero-order chi connectivity index (χ0) is 25.4. The second-order valence-corrected chi connectivity index (χ2v) is 10.7. The average Bonchev–Trinajstić information content (AvgIpc) is 3.20. The lowest BCUT2D eigenvalue weighted by Crippen LogP contribution is -2.30. The molecule has 8 heteroatoms. The summed E-state index contributed by atoms with van der Waals surface area (Å²) in [7, 11) is 0. The lowest BCUT2D eigenvalue weighted by atomic mass is 10.0. The number of para-hydroxylation sites is 1. The lowest BCUT2D eigenvalue weighted by molar-refractivity contribution is 0.0980. The van der Waals surface area contributed by atoms with Crippen LogP contribution >= 0.6 is 34.8 Å². The van der Waals surface area contributed by atoms with Crippen molar-refractivity contribution < 1.29 is 14.4 Å². The third kappa shape index (κ3) is 4.58. The standard InChI is InChI=1S/C28H19Cl3N2O3/c29-28(30,31)26(35)24-15-14-22-17-33(23-9-5-4-8-21(23)16-32(22)24)27(36)20-12-10-19(11-13-20)25(34)18-6-2-1-3-7-18/h1-15H,16-17H2. The Labute approximate surface area is 222 Å². The van der Waals surface area contributed by atoms with Crippen molar-refractivity contribution in [2.75, 3.05) is 4.90 Å². The van der Waals surface area contributed by atoms with E-state index in [9.17, 15) is 14.4 Å². The summed E-state index contributed by atoms with van der Waals surface area (Å²) >= 11 is 17.6. The molecule has 0 unspecified atom stereocenters. The van der Waals surface area contributed by atoms with Crippen LogP contribution in [0.15, 0.2) is 91.0 Å². The number of amides is 1. The SMILES string of the molecule is O=C(c1ccccc1)c1ccc(C(=O)N2Cc3ccc(C(=O)C(Cl)(Cl)Cl)n3Cc3ccccc32)cc1. The van der Waals surface area contributed by atoms with E-state index in [1.54, 1.807) is 58.0 Å². The quantitative estimate of drug-likeness (QED) is 0.221. The van der Waals surface area contributed by atoms with Gasteiger partial charge < -0.3 is 9.47 Å². The van der Waals surface area contributed by atoms with Crippen molar-refractivity contribution >= 4 is 58.0 Å². The number of hydrogen-bond donors (Lipinski definition) is 0. The summed E-state index contributed by atoms with van der Waals surface area (Å²) in [5, 5.41) is 0. The number of ketones is 2. The first-order valence-corrected chi connectivity index (χ1v) is 12.3. The van der Waals surface area contributed by atoms with Crippen LogP contribution in [0.1, 0.15) is 48.0 Å². The first-order chi connectivity index (χ1) is 17.2. The van der Waals surface area contributed by atoms with Crippen molar-refractivity contribution in [1.29, 1.82) is 0 Å². The first-order valence-electron chi connectivity index (χ1n) is 11.1. The molecule has 0 bridgehead atoms. The zero-order valence-electron chi connectivity index (χ0n) is 18.8. The van der Waals surface area contributed by atoms with Crippen LogP contribution in [0.3, 0.4) is 0 Å². The number of Topliss-reactive ketones (excluding diaryl/α,β-unsaturated/α-hetero) is 1. The highest BCUT2D eigenvalue weighted by Gasteiger charge is 2.35. The molecule has 0 aliphatic carbocycles. The van der Waals surface area contributed by atoms with Crippen LogP contribution in [-0.4, -0.2) is 25.8 Å². The number of halogens is 3. The van der Waals surface area contributed by atoms with E-state index in [1.165, 1.54) is 0 Å². The molecular weight excluding hydrogens is 519 g/mol. The fourth-order valence-electron chi connectivity index (χ4n) is 4.36. The van der Waals surface area contributed by atoms with Gasteiger partial charge in [0.1, 0.15) is 0 Å². The van der Waals surface area contributed by atoms with E-state index in [1.807, 2.05) is 42.5 Å². The molecule has 4 aromatic rings. The average molecular weight is 538 g/mol. The highest BCUT2D eigenvalue weighted by atomic mass is 35.6. The Hall–Kier alpha value is -3.38. The van der Waals surface area contributed by atoms with E-state index in [0.717, 1.165) is 16.9 Å². The van der Waals surface area contributed by atoms with Gasteiger partial charge in [0, 0.05) is 28.1 Å². The van der Waals surface area contributed by atoms with Crippen molar-refractivity contribution in [3.63, 3.8) is 0 Å². The van der Waals surface area contributed by atoms with Gasteiger partial charge in [0.15, 0.2) is 5.78 Å². The van der Waals surface area contributed by atoms with E-state index < -0.39 is 9.58 Å². The Balaban J connectivity index is 1.48. The summed E-state index contributed by atoms with van der Waals surface area (Å²) in [5.74, 6) is -0.974. The summed E-state index contributed by atoms with van der Waals surface area (Å²) in [6.07, 6.45) is 0. The van der Waals surface area contributed by atoms with E-state index in [0.29, 0.717) is 23.2 Å². The number of anilines is 1. The van der Waals surface area contributed by atoms with Gasteiger partial charge >= 0.3 is 0 Å². The normalized spacial score (nSPS) is 12.9. The fourth-order valence-corrected chi connectivity index (χ4v) is 4.65. The van der Waals surface area contributed by atoms with Gasteiger partial charge in [-0.3, -0.25) is 14.4 Å². The molecule has 0 radical (unpaired) electrons. The molecule has 1 aromatic heterocycles. The predicted octanol–water partition coefficient (Wildman–Crippen LogP) is 6.48. The van der Waals surface area contributed by atoms with Gasteiger partial charge in [0.25, 0.3) is 9.70 Å². The van der Waals surface area contributed by atoms with Crippen molar-refractivity contribution in [1.82, 2.24) is 4.57 Å². The van der Waals surface area contributed by atoms with Gasteiger partial charge in [-0.2, -0.15) is 0 Å². The zero-order valence-corrected chi connectivity index (χ0v) is 21.1. The predicted molar refractivity (Wildman–Crippen MR) is 141 cm³/mol. The largest absolute Gasteiger partial charge is 0.336 e. The first kappa shape index (κ1) is 24.3. The number of benzene rings is 3. The summed E-state index contributed by atoms with van der Waals surface area (Å²) in [4.78, 5) is 40.8. The fraction of sp³-hybridized carbons (Fsp3) is 0.107. The molecule has 5 rings (SSSR count). The molecule has 5 nitrogen and oxygen atoms in total. The number of alkyl halides is 3. The lowest BCUT2D eigenvalue weighted by Gasteiger charge is -2.23. The van der Waals surface area contributed by atoms with E-state index in [-0.39, 0.29) is 23.9 Å². The second-order valence-electron chi connectivity index (χ2n) is 8.42. The topological polar surface area (TPSA) is 59.4 Å². The van der Waals surface area contributed by atoms with Crippen molar-refractivity contribution in [2.45, 2.75) is 16.9 Å². The van der Waals surface area contributed by atoms with Crippen molar-refractivity contribution in [3.05, 3.63) is 125 Å². The molecule has 1 amide bonds. The van der Waals surface area contributed by atoms with Gasteiger partial charge in [-0.15, -0.1) is 0 Å². The van der Waals surface area contributed by atoms with E-state index in [4.69, 9.17) is 34.8 Å². The number of aromatic nitrogens is 1. The van der Waals surface area contributed by atoms with Gasteiger partial charge in [0.05, 0.1) is 18.8 Å². The summed E-state index contributed by atoms with van der Waals surface area (Å²) in [5.41, 5.74) is 4.08. The Morgan fingerprint density at radius 2 is 1.28 bits per heavy atom. The summed E-state index contributed by atoms with van der Waals surface area (Å²) in [6, 6.07) is 26.5. The number of carbonyl (C=O) groups is 3. The second kappa shape index (κ2) is 9.58. The highest BCUT2D eigenvalue weighted by Crippen LogP contribution is 2.34. The summed E-state index contributed by atoms with van der Waals surface area (Å²) < 4.78 is -0.312. The Bertz CT molecular complexity index is 1470. The van der Waals surface area contributed by atoms with Crippen LogP contribution in [0.5, 0.6) is 0 Å². The maximum absolute atomic E-state index is 13.7. The maximum Gasteiger partial charge on any atom is 0.258 e.